The Morgan fingerprint density at radius 1 is 1.36 bits per heavy atom. The molecule has 0 saturated carbocycles. The molecule has 2 nitrogen and oxygen atoms in total. The Labute approximate surface area is 82.4 Å². The van der Waals surface area contributed by atoms with Gasteiger partial charge in [-0.2, -0.15) is 0 Å². The quantitative estimate of drug-likeness (QED) is 0.672. The summed E-state index contributed by atoms with van der Waals surface area (Å²) in [4.78, 5) is 4.38. The van der Waals surface area contributed by atoms with Crippen LogP contribution in [-0.2, 0) is 4.74 Å². The van der Waals surface area contributed by atoms with Crippen molar-refractivity contribution in [2.45, 2.75) is 18.9 Å². The number of ether oxygens (including phenoxy) is 1. The first-order valence-corrected chi connectivity index (χ1v) is 4.66. The standard InChI is InChI=1S/C11H12FNO/c1-14-11-7-6-10(13-11)8-2-4-9(12)5-3-8/h2-5,10H,6-7H2,1H3. The first kappa shape index (κ1) is 9.19. The van der Waals surface area contributed by atoms with Crippen LogP contribution in [0.25, 0.3) is 0 Å². The maximum Gasteiger partial charge on any atom is 0.183 e. The van der Waals surface area contributed by atoms with Gasteiger partial charge in [0.05, 0.1) is 13.2 Å². The summed E-state index contributed by atoms with van der Waals surface area (Å²) < 4.78 is 17.7. The lowest BCUT2D eigenvalue weighted by Gasteiger charge is -2.05. The van der Waals surface area contributed by atoms with Crippen LogP contribution in [-0.4, -0.2) is 13.0 Å². The second-order valence-electron chi connectivity index (χ2n) is 3.33. The number of nitrogens with zero attached hydrogens (tertiary/aromatic N) is 1. The molecule has 2 rings (SSSR count). The molecule has 0 spiro atoms. The second-order valence-corrected chi connectivity index (χ2v) is 3.33. The Bertz CT molecular complexity index is 345. The number of halogens is 1. The molecule has 0 radical (unpaired) electrons. The van der Waals surface area contributed by atoms with E-state index in [4.69, 9.17) is 4.74 Å². The van der Waals surface area contributed by atoms with Gasteiger partial charge in [0, 0.05) is 6.42 Å². The SMILES string of the molecule is COC1=NC(c2ccc(F)cc2)CC1. The highest BCUT2D eigenvalue weighted by Crippen LogP contribution is 2.28. The lowest BCUT2D eigenvalue weighted by atomic mass is 10.1. The van der Waals surface area contributed by atoms with Crippen molar-refractivity contribution in [1.29, 1.82) is 0 Å². The molecule has 0 N–H and O–H groups in total. The van der Waals surface area contributed by atoms with Gasteiger partial charge in [0.1, 0.15) is 5.82 Å². The molecule has 1 atom stereocenters. The average molecular weight is 193 g/mol. The van der Waals surface area contributed by atoms with Gasteiger partial charge in [0.15, 0.2) is 5.90 Å². The Kier molecular flexibility index (Phi) is 2.48. The zero-order valence-electron chi connectivity index (χ0n) is 8.03. The van der Waals surface area contributed by atoms with Crippen LogP contribution in [0, 0.1) is 5.82 Å². The number of hydrogen-bond donors (Lipinski definition) is 0. The highest BCUT2D eigenvalue weighted by Gasteiger charge is 2.19. The molecule has 1 aliphatic heterocycles. The minimum atomic E-state index is -0.206. The smallest absolute Gasteiger partial charge is 0.183 e. The van der Waals surface area contributed by atoms with Gasteiger partial charge in [0.2, 0.25) is 0 Å². The molecule has 0 aliphatic carbocycles. The van der Waals surface area contributed by atoms with Gasteiger partial charge in [0.25, 0.3) is 0 Å². The topological polar surface area (TPSA) is 21.6 Å². The molecular formula is C11H12FNO. The number of hydrogen-bond acceptors (Lipinski definition) is 2. The molecule has 1 heterocycles. The van der Waals surface area contributed by atoms with E-state index >= 15 is 0 Å². The minimum absolute atomic E-state index is 0.144. The van der Waals surface area contributed by atoms with Crippen molar-refractivity contribution in [1.82, 2.24) is 0 Å². The van der Waals surface area contributed by atoms with Gasteiger partial charge in [-0.25, -0.2) is 9.38 Å². The molecule has 1 aromatic carbocycles. The van der Waals surface area contributed by atoms with E-state index in [1.165, 1.54) is 12.1 Å². The summed E-state index contributed by atoms with van der Waals surface area (Å²) in [5.74, 6) is 0.585. The zero-order valence-corrected chi connectivity index (χ0v) is 8.03. The molecule has 1 unspecified atom stereocenters. The lowest BCUT2D eigenvalue weighted by Crippen LogP contribution is -1.93. The van der Waals surface area contributed by atoms with E-state index in [2.05, 4.69) is 4.99 Å². The fourth-order valence-corrected chi connectivity index (χ4v) is 1.64. The molecule has 0 saturated heterocycles. The van der Waals surface area contributed by atoms with Gasteiger partial charge in [-0.05, 0) is 24.1 Å². The van der Waals surface area contributed by atoms with Crippen LogP contribution in [0.4, 0.5) is 4.39 Å². The summed E-state index contributed by atoms with van der Waals surface area (Å²) in [5.41, 5.74) is 1.05. The highest BCUT2D eigenvalue weighted by molar-refractivity contribution is 5.78. The van der Waals surface area contributed by atoms with Gasteiger partial charge in [-0.15, -0.1) is 0 Å². The van der Waals surface area contributed by atoms with Crippen molar-refractivity contribution in [2.24, 2.45) is 4.99 Å². The van der Waals surface area contributed by atoms with E-state index in [1.54, 1.807) is 19.2 Å². The monoisotopic (exact) mass is 193 g/mol. The highest BCUT2D eigenvalue weighted by atomic mass is 19.1. The first-order chi connectivity index (χ1) is 6.79. The molecule has 0 bridgehead atoms. The zero-order chi connectivity index (χ0) is 9.97. The van der Waals surface area contributed by atoms with E-state index in [1.807, 2.05) is 0 Å². The summed E-state index contributed by atoms with van der Waals surface area (Å²) in [6, 6.07) is 6.64. The molecule has 3 heteroatoms. The summed E-state index contributed by atoms with van der Waals surface area (Å²) in [6.07, 6.45) is 1.83. The maximum atomic E-state index is 12.7. The number of rotatable bonds is 1. The summed E-state index contributed by atoms with van der Waals surface area (Å²) in [5, 5.41) is 0. The minimum Gasteiger partial charge on any atom is -0.484 e. The lowest BCUT2D eigenvalue weighted by molar-refractivity contribution is 0.395. The predicted molar refractivity (Wildman–Crippen MR) is 52.8 cm³/mol. The van der Waals surface area contributed by atoms with Gasteiger partial charge < -0.3 is 4.74 Å². The van der Waals surface area contributed by atoms with Gasteiger partial charge in [-0.3, -0.25) is 0 Å². The Morgan fingerprint density at radius 3 is 2.64 bits per heavy atom. The van der Waals surface area contributed by atoms with E-state index < -0.39 is 0 Å². The molecule has 0 fully saturated rings. The van der Waals surface area contributed by atoms with Gasteiger partial charge >= 0.3 is 0 Å². The van der Waals surface area contributed by atoms with Crippen LogP contribution in [0.15, 0.2) is 29.3 Å². The fourth-order valence-electron chi connectivity index (χ4n) is 1.64. The van der Waals surface area contributed by atoms with Crippen LogP contribution in [0.3, 0.4) is 0 Å². The molecule has 1 aliphatic rings. The normalized spacial score (nSPS) is 20.7. The van der Waals surface area contributed by atoms with Gasteiger partial charge in [-0.1, -0.05) is 12.1 Å². The second kappa shape index (κ2) is 3.78. The number of aliphatic imine (C=N–C) groups is 1. The van der Waals surface area contributed by atoms with Crippen LogP contribution in [0.1, 0.15) is 24.4 Å². The van der Waals surface area contributed by atoms with Crippen molar-refractivity contribution in [3.63, 3.8) is 0 Å². The largest absolute Gasteiger partial charge is 0.484 e. The number of benzene rings is 1. The summed E-state index contributed by atoms with van der Waals surface area (Å²) >= 11 is 0. The molecule has 0 amide bonds. The van der Waals surface area contributed by atoms with Crippen molar-refractivity contribution in [3.8, 4) is 0 Å². The first-order valence-electron chi connectivity index (χ1n) is 4.66. The molecular weight excluding hydrogens is 181 g/mol. The molecule has 74 valence electrons. The van der Waals surface area contributed by atoms with E-state index in [-0.39, 0.29) is 11.9 Å². The third-order valence-corrected chi connectivity index (χ3v) is 2.42. The van der Waals surface area contributed by atoms with E-state index in [9.17, 15) is 4.39 Å². The van der Waals surface area contributed by atoms with E-state index in [0.29, 0.717) is 0 Å². The predicted octanol–water partition coefficient (Wildman–Crippen LogP) is 2.71. The van der Waals surface area contributed by atoms with Crippen molar-refractivity contribution in [2.75, 3.05) is 7.11 Å². The fraction of sp³-hybridized carbons (Fsp3) is 0.364. The van der Waals surface area contributed by atoms with Crippen molar-refractivity contribution >= 4 is 5.90 Å². The number of methoxy groups -OCH3 is 1. The average Bonchev–Trinajstić information content (AvgIpc) is 2.67. The van der Waals surface area contributed by atoms with Crippen LogP contribution in [0.2, 0.25) is 0 Å². The van der Waals surface area contributed by atoms with Crippen LogP contribution >= 0.6 is 0 Å². The Morgan fingerprint density at radius 2 is 2.07 bits per heavy atom. The summed E-state index contributed by atoms with van der Waals surface area (Å²) in [6.45, 7) is 0. The van der Waals surface area contributed by atoms with Crippen molar-refractivity contribution in [3.05, 3.63) is 35.6 Å². The van der Waals surface area contributed by atoms with Crippen molar-refractivity contribution < 1.29 is 9.13 Å². The third-order valence-electron chi connectivity index (χ3n) is 2.42. The van der Waals surface area contributed by atoms with Crippen LogP contribution < -0.4 is 0 Å². The summed E-state index contributed by atoms with van der Waals surface area (Å²) in [7, 11) is 1.63. The molecule has 1 aromatic rings. The maximum absolute atomic E-state index is 12.7. The van der Waals surface area contributed by atoms with E-state index in [0.717, 1.165) is 24.3 Å². The Hall–Kier alpha value is -1.38. The Balaban J connectivity index is 2.17. The molecule has 0 aromatic heterocycles. The molecule has 14 heavy (non-hydrogen) atoms. The third kappa shape index (κ3) is 1.76. The van der Waals surface area contributed by atoms with Crippen LogP contribution in [0.5, 0.6) is 0 Å².